The third-order valence-corrected chi connectivity index (χ3v) is 3.85. The van der Waals surface area contributed by atoms with Gasteiger partial charge in [-0.3, -0.25) is 9.78 Å². The van der Waals surface area contributed by atoms with E-state index in [1.807, 2.05) is 34.7 Å². The molecule has 0 N–H and O–H groups in total. The van der Waals surface area contributed by atoms with E-state index in [4.69, 9.17) is 4.74 Å². The average molecular weight is 300 g/mol. The maximum absolute atomic E-state index is 12.4. The Hall–Kier alpha value is -2.21. The van der Waals surface area contributed by atoms with Gasteiger partial charge in [0, 0.05) is 43.8 Å². The number of ether oxygens (including phenoxy) is 1. The lowest BCUT2D eigenvalue weighted by molar-refractivity contribution is -0.139. The molecule has 1 atom stereocenters. The highest BCUT2D eigenvalue weighted by Crippen LogP contribution is 2.22. The van der Waals surface area contributed by atoms with Gasteiger partial charge in [-0.15, -0.1) is 0 Å². The Morgan fingerprint density at radius 2 is 2.36 bits per heavy atom. The molecule has 6 heteroatoms. The SMILES string of the molecule is Cc1cc([C@@H]2CN(C(=O)CCn3ccnc3)CCO2)ccn1. The Balaban J connectivity index is 1.59. The minimum absolute atomic E-state index is 0.0624. The molecule has 0 unspecified atom stereocenters. The van der Waals surface area contributed by atoms with Crippen LogP contribution in [0.4, 0.5) is 0 Å². The molecule has 3 rings (SSSR count). The molecule has 0 aromatic carbocycles. The Kier molecular flexibility index (Phi) is 4.48. The van der Waals surface area contributed by atoms with Crippen LogP contribution in [0.3, 0.4) is 0 Å². The standard InChI is InChI=1S/C16H20N4O2/c1-13-10-14(2-4-18-13)15-11-20(8-9-22-15)16(21)3-6-19-7-5-17-12-19/h2,4-5,7,10,12,15H,3,6,8-9,11H2,1H3/t15-/m0/s1. The zero-order valence-corrected chi connectivity index (χ0v) is 12.7. The van der Waals surface area contributed by atoms with Crippen molar-refractivity contribution in [2.24, 2.45) is 0 Å². The number of aromatic nitrogens is 3. The van der Waals surface area contributed by atoms with Crippen LogP contribution in [0.5, 0.6) is 0 Å². The number of imidazole rings is 1. The van der Waals surface area contributed by atoms with Gasteiger partial charge in [-0.1, -0.05) is 0 Å². The highest BCUT2D eigenvalue weighted by Gasteiger charge is 2.25. The van der Waals surface area contributed by atoms with E-state index >= 15 is 0 Å². The fourth-order valence-electron chi connectivity index (χ4n) is 2.65. The molecular formula is C16H20N4O2. The summed E-state index contributed by atoms with van der Waals surface area (Å²) in [5.74, 6) is 0.160. The zero-order valence-electron chi connectivity index (χ0n) is 12.7. The Labute approximate surface area is 129 Å². The van der Waals surface area contributed by atoms with Crippen LogP contribution < -0.4 is 0 Å². The monoisotopic (exact) mass is 300 g/mol. The van der Waals surface area contributed by atoms with Crippen LogP contribution in [-0.2, 0) is 16.1 Å². The summed E-state index contributed by atoms with van der Waals surface area (Å²) >= 11 is 0. The van der Waals surface area contributed by atoms with Crippen molar-refractivity contribution in [2.75, 3.05) is 19.7 Å². The van der Waals surface area contributed by atoms with Gasteiger partial charge in [-0.2, -0.15) is 0 Å². The molecule has 0 spiro atoms. The summed E-state index contributed by atoms with van der Waals surface area (Å²) in [6, 6.07) is 3.97. The summed E-state index contributed by atoms with van der Waals surface area (Å²) in [5, 5.41) is 0. The first kappa shape index (κ1) is 14.7. The van der Waals surface area contributed by atoms with Crippen LogP contribution in [0, 0.1) is 6.92 Å². The third kappa shape index (κ3) is 3.51. The lowest BCUT2D eigenvalue weighted by atomic mass is 10.1. The molecule has 1 fully saturated rings. The van der Waals surface area contributed by atoms with E-state index in [1.165, 1.54) is 0 Å². The summed E-state index contributed by atoms with van der Waals surface area (Å²) in [6.07, 6.45) is 7.53. The average Bonchev–Trinajstić information content (AvgIpc) is 3.06. The van der Waals surface area contributed by atoms with Crippen LogP contribution >= 0.6 is 0 Å². The minimum atomic E-state index is -0.0624. The number of carbonyl (C=O) groups excluding carboxylic acids is 1. The number of hydrogen-bond donors (Lipinski definition) is 0. The normalized spacial score (nSPS) is 18.4. The van der Waals surface area contributed by atoms with Gasteiger partial charge >= 0.3 is 0 Å². The Bertz CT molecular complexity index is 627. The van der Waals surface area contributed by atoms with E-state index in [-0.39, 0.29) is 12.0 Å². The van der Waals surface area contributed by atoms with Gasteiger partial charge < -0.3 is 14.2 Å². The van der Waals surface area contributed by atoms with Crippen LogP contribution in [0.25, 0.3) is 0 Å². The number of rotatable bonds is 4. The maximum atomic E-state index is 12.4. The topological polar surface area (TPSA) is 60.2 Å². The molecule has 0 radical (unpaired) electrons. The van der Waals surface area contributed by atoms with Crippen LogP contribution in [0.2, 0.25) is 0 Å². The van der Waals surface area contributed by atoms with Crippen LogP contribution in [0.15, 0.2) is 37.1 Å². The largest absolute Gasteiger partial charge is 0.370 e. The highest BCUT2D eigenvalue weighted by atomic mass is 16.5. The van der Waals surface area contributed by atoms with Gasteiger partial charge in [0.1, 0.15) is 6.10 Å². The molecule has 0 saturated carbocycles. The molecule has 0 bridgehead atoms. The molecule has 1 aliphatic rings. The van der Waals surface area contributed by atoms with Gasteiger partial charge in [0.2, 0.25) is 5.91 Å². The quantitative estimate of drug-likeness (QED) is 0.860. The molecule has 2 aromatic rings. The van der Waals surface area contributed by atoms with Crippen LogP contribution in [-0.4, -0.2) is 45.0 Å². The van der Waals surface area contributed by atoms with Crippen molar-refractivity contribution in [3.63, 3.8) is 0 Å². The Morgan fingerprint density at radius 3 is 3.14 bits per heavy atom. The summed E-state index contributed by atoms with van der Waals surface area (Å²) in [6.45, 7) is 4.45. The van der Waals surface area contributed by atoms with E-state index in [1.54, 1.807) is 18.7 Å². The van der Waals surface area contributed by atoms with E-state index in [2.05, 4.69) is 9.97 Å². The second-order valence-electron chi connectivity index (χ2n) is 5.48. The smallest absolute Gasteiger partial charge is 0.224 e. The van der Waals surface area contributed by atoms with Gasteiger partial charge in [-0.25, -0.2) is 4.98 Å². The molecule has 1 saturated heterocycles. The molecule has 0 aliphatic carbocycles. The maximum Gasteiger partial charge on any atom is 0.224 e. The van der Waals surface area contributed by atoms with Crippen molar-refractivity contribution in [3.05, 3.63) is 48.3 Å². The van der Waals surface area contributed by atoms with Crippen molar-refractivity contribution in [3.8, 4) is 0 Å². The first-order valence-corrected chi connectivity index (χ1v) is 7.50. The van der Waals surface area contributed by atoms with Crippen molar-refractivity contribution in [2.45, 2.75) is 26.0 Å². The second-order valence-corrected chi connectivity index (χ2v) is 5.48. The van der Waals surface area contributed by atoms with E-state index in [0.717, 1.165) is 11.3 Å². The van der Waals surface area contributed by atoms with Crippen LogP contribution in [0.1, 0.15) is 23.8 Å². The Morgan fingerprint density at radius 1 is 1.45 bits per heavy atom. The number of nitrogens with zero attached hydrogens (tertiary/aromatic N) is 4. The van der Waals surface area contributed by atoms with Gasteiger partial charge in [0.05, 0.1) is 19.5 Å². The van der Waals surface area contributed by atoms with Gasteiger partial charge in [-0.05, 0) is 24.6 Å². The minimum Gasteiger partial charge on any atom is -0.370 e. The summed E-state index contributed by atoms with van der Waals surface area (Å²) in [7, 11) is 0. The number of aryl methyl sites for hydroxylation is 2. The molecule has 2 aromatic heterocycles. The molecule has 1 amide bonds. The summed E-state index contributed by atoms with van der Waals surface area (Å²) in [4.78, 5) is 22.4. The van der Waals surface area contributed by atoms with Gasteiger partial charge in [0.15, 0.2) is 0 Å². The predicted molar refractivity (Wildman–Crippen MR) is 81.1 cm³/mol. The zero-order chi connectivity index (χ0) is 15.4. The lowest BCUT2D eigenvalue weighted by Crippen LogP contribution is -2.42. The molecule has 1 aliphatic heterocycles. The molecular weight excluding hydrogens is 280 g/mol. The first-order valence-electron chi connectivity index (χ1n) is 7.50. The molecule has 6 nitrogen and oxygen atoms in total. The number of amides is 1. The number of carbonyl (C=O) groups is 1. The lowest BCUT2D eigenvalue weighted by Gasteiger charge is -2.33. The second kappa shape index (κ2) is 6.70. The first-order chi connectivity index (χ1) is 10.7. The highest BCUT2D eigenvalue weighted by molar-refractivity contribution is 5.76. The van der Waals surface area contributed by atoms with Gasteiger partial charge in [0.25, 0.3) is 0 Å². The van der Waals surface area contributed by atoms with E-state index in [0.29, 0.717) is 32.7 Å². The van der Waals surface area contributed by atoms with E-state index in [9.17, 15) is 4.79 Å². The fourth-order valence-corrected chi connectivity index (χ4v) is 2.65. The number of pyridine rings is 1. The van der Waals surface area contributed by atoms with Crippen molar-refractivity contribution in [1.82, 2.24) is 19.4 Å². The van der Waals surface area contributed by atoms with Crippen molar-refractivity contribution < 1.29 is 9.53 Å². The third-order valence-electron chi connectivity index (χ3n) is 3.85. The number of morpholine rings is 1. The number of hydrogen-bond acceptors (Lipinski definition) is 4. The molecule has 116 valence electrons. The summed E-state index contributed by atoms with van der Waals surface area (Å²) < 4.78 is 7.73. The van der Waals surface area contributed by atoms with Crippen molar-refractivity contribution in [1.29, 1.82) is 0 Å². The molecule has 22 heavy (non-hydrogen) atoms. The summed E-state index contributed by atoms with van der Waals surface area (Å²) in [5.41, 5.74) is 2.05. The molecule has 3 heterocycles. The predicted octanol–water partition coefficient (Wildman–Crippen LogP) is 1.58. The van der Waals surface area contributed by atoms with Crippen molar-refractivity contribution >= 4 is 5.91 Å². The fraction of sp³-hybridized carbons (Fsp3) is 0.438. The van der Waals surface area contributed by atoms with E-state index < -0.39 is 0 Å².